The third-order valence-electron chi connectivity index (χ3n) is 1.73. The van der Waals surface area contributed by atoms with E-state index in [0.717, 1.165) is 5.56 Å². The maximum atomic E-state index is 11.5. The Morgan fingerprint density at radius 2 is 2.21 bits per heavy atom. The standard InChI is InChI=1S/C10H13ClN2O/c1-7-4-8(6-9(11)5-7)10(14)13-3-2-12/h4-6H,2-3,12H2,1H3,(H,13,14). The zero-order valence-electron chi connectivity index (χ0n) is 8.01. The Morgan fingerprint density at radius 1 is 1.50 bits per heavy atom. The Morgan fingerprint density at radius 3 is 2.79 bits per heavy atom. The van der Waals surface area contributed by atoms with Crippen molar-refractivity contribution in [1.82, 2.24) is 5.32 Å². The van der Waals surface area contributed by atoms with E-state index >= 15 is 0 Å². The van der Waals surface area contributed by atoms with Crippen molar-refractivity contribution in [3.8, 4) is 0 Å². The van der Waals surface area contributed by atoms with Gasteiger partial charge < -0.3 is 11.1 Å². The molecule has 0 radical (unpaired) electrons. The van der Waals surface area contributed by atoms with E-state index in [1.165, 1.54) is 0 Å². The van der Waals surface area contributed by atoms with Gasteiger partial charge in [-0.3, -0.25) is 4.79 Å². The van der Waals surface area contributed by atoms with Gasteiger partial charge in [0.05, 0.1) is 0 Å². The van der Waals surface area contributed by atoms with Crippen molar-refractivity contribution in [1.29, 1.82) is 0 Å². The summed E-state index contributed by atoms with van der Waals surface area (Å²) in [5.41, 5.74) is 6.81. The highest BCUT2D eigenvalue weighted by Crippen LogP contribution is 2.14. The molecule has 1 rings (SSSR count). The third kappa shape index (κ3) is 3.01. The third-order valence-corrected chi connectivity index (χ3v) is 1.95. The number of aryl methyl sites for hydroxylation is 1. The zero-order chi connectivity index (χ0) is 10.6. The summed E-state index contributed by atoms with van der Waals surface area (Å²) in [7, 11) is 0. The van der Waals surface area contributed by atoms with Gasteiger partial charge in [-0.05, 0) is 30.7 Å². The minimum atomic E-state index is -0.138. The van der Waals surface area contributed by atoms with Gasteiger partial charge in [0.25, 0.3) is 5.91 Å². The van der Waals surface area contributed by atoms with Gasteiger partial charge in [-0.2, -0.15) is 0 Å². The lowest BCUT2D eigenvalue weighted by Gasteiger charge is -2.04. The maximum absolute atomic E-state index is 11.5. The SMILES string of the molecule is Cc1cc(Cl)cc(C(=O)NCCN)c1. The minimum Gasteiger partial charge on any atom is -0.351 e. The molecular weight excluding hydrogens is 200 g/mol. The van der Waals surface area contributed by atoms with E-state index in [2.05, 4.69) is 5.32 Å². The lowest BCUT2D eigenvalue weighted by atomic mass is 10.1. The monoisotopic (exact) mass is 212 g/mol. The normalized spacial score (nSPS) is 9.93. The van der Waals surface area contributed by atoms with Crippen molar-refractivity contribution >= 4 is 17.5 Å². The molecular formula is C10H13ClN2O. The molecule has 3 nitrogen and oxygen atoms in total. The van der Waals surface area contributed by atoms with Gasteiger partial charge in [0.1, 0.15) is 0 Å². The van der Waals surface area contributed by atoms with E-state index in [4.69, 9.17) is 17.3 Å². The van der Waals surface area contributed by atoms with Crippen LogP contribution >= 0.6 is 11.6 Å². The molecule has 0 saturated carbocycles. The summed E-state index contributed by atoms with van der Waals surface area (Å²) in [5.74, 6) is -0.138. The van der Waals surface area contributed by atoms with E-state index in [0.29, 0.717) is 23.7 Å². The van der Waals surface area contributed by atoms with E-state index in [1.54, 1.807) is 18.2 Å². The molecule has 76 valence electrons. The minimum absolute atomic E-state index is 0.138. The largest absolute Gasteiger partial charge is 0.351 e. The number of nitrogens with one attached hydrogen (secondary N) is 1. The number of nitrogens with two attached hydrogens (primary N) is 1. The van der Waals surface area contributed by atoms with Gasteiger partial charge in [-0.1, -0.05) is 11.6 Å². The number of benzene rings is 1. The molecule has 1 aromatic carbocycles. The summed E-state index contributed by atoms with van der Waals surface area (Å²) < 4.78 is 0. The predicted molar refractivity (Wildman–Crippen MR) is 57.6 cm³/mol. The van der Waals surface area contributed by atoms with Crippen LogP contribution in [0.1, 0.15) is 15.9 Å². The van der Waals surface area contributed by atoms with Crippen LogP contribution in [-0.2, 0) is 0 Å². The highest BCUT2D eigenvalue weighted by molar-refractivity contribution is 6.31. The molecule has 14 heavy (non-hydrogen) atoms. The highest BCUT2D eigenvalue weighted by atomic mass is 35.5. The fourth-order valence-electron chi connectivity index (χ4n) is 1.16. The Hall–Kier alpha value is -1.06. The first-order valence-electron chi connectivity index (χ1n) is 4.39. The zero-order valence-corrected chi connectivity index (χ0v) is 8.77. The molecule has 0 heterocycles. The molecule has 0 unspecified atom stereocenters. The Bertz CT molecular complexity index is 319. The van der Waals surface area contributed by atoms with E-state index in [-0.39, 0.29) is 5.91 Å². The van der Waals surface area contributed by atoms with Gasteiger partial charge in [0.15, 0.2) is 0 Å². The van der Waals surface area contributed by atoms with Gasteiger partial charge in [0.2, 0.25) is 0 Å². The topological polar surface area (TPSA) is 55.1 Å². The second-order valence-electron chi connectivity index (χ2n) is 3.06. The molecule has 0 aliphatic heterocycles. The average Bonchev–Trinajstić information content (AvgIpc) is 2.12. The van der Waals surface area contributed by atoms with E-state index < -0.39 is 0 Å². The van der Waals surface area contributed by atoms with Gasteiger partial charge in [0, 0.05) is 23.7 Å². The van der Waals surface area contributed by atoms with Crippen LogP contribution in [-0.4, -0.2) is 19.0 Å². The summed E-state index contributed by atoms with van der Waals surface area (Å²) in [4.78, 5) is 11.5. The average molecular weight is 213 g/mol. The van der Waals surface area contributed by atoms with Crippen LogP contribution in [0.4, 0.5) is 0 Å². The molecule has 0 saturated heterocycles. The molecule has 3 N–H and O–H groups in total. The van der Waals surface area contributed by atoms with Gasteiger partial charge in [-0.25, -0.2) is 0 Å². The first kappa shape index (κ1) is 11.0. The van der Waals surface area contributed by atoms with Gasteiger partial charge in [-0.15, -0.1) is 0 Å². The van der Waals surface area contributed by atoms with Crippen molar-refractivity contribution in [3.63, 3.8) is 0 Å². The number of carbonyl (C=O) groups excluding carboxylic acids is 1. The van der Waals surface area contributed by atoms with Crippen molar-refractivity contribution in [2.45, 2.75) is 6.92 Å². The second-order valence-corrected chi connectivity index (χ2v) is 3.50. The van der Waals surface area contributed by atoms with Crippen LogP contribution < -0.4 is 11.1 Å². The molecule has 1 aromatic rings. The smallest absolute Gasteiger partial charge is 0.251 e. The van der Waals surface area contributed by atoms with Crippen molar-refractivity contribution in [2.24, 2.45) is 5.73 Å². The van der Waals surface area contributed by atoms with Crippen LogP contribution in [0, 0.1) is 6.92 Å². The summed E-state index contributed by atoms with van der Waals surface area (Å²) in [5, 5.41) is 3.25. The Kier molecular flexibility index (Phi) is 3.92. The van der Waals surface area contributed by atoms with Crippen LogP contribution in [0.25, 0.3) is 0 Å². The quantitative estimate of drug-likeness (QED) is 0.795. The molecule has 0 bridgehead atoms. The number of amides is 1. The molecule has 0 aliphatic carbocycles. The van der Waals surface area contributed by atoms with Crippen LogP contribution in [0.3, 0.4) is 0 Å². The number of carbonyl (C=O) groups is 1. The Labute approximate surface area is 88.2 Å². The molecule has 0 aliphatic rings. The molecule has 1 amide bonds. The van der Waals surface area contributed by atoms with E-state index in [1.807, 2.05) is 6.92 Å². The maximum Gasteiger partial charge on any atom is 0.251 e. The highest BCUT2D eigenvalue weighted by Gasteiger charge is 2.05. The number of halogens is 1. The molecule has 0 aromatic heterocycles. The summed E-state index contributed by atoms with van der Waals surface area (Å²) in [6.07, 6.45) is 0. The molecule has 0 spiro atoms. The lowest BCUT2D eigenvalue weighted by molar-refractivity contribution is 0.0954. The van der Waals surface area contributed by atoms with Crippen molar-refractivity contribution < 1.29 is 4.79 Å². The van der Waals surface area contributed by atoms with Crippen LogP contribution in [0.5, 0.6) is 0 Å². The van der Waals surface area contributed by atoms with Crippen LogP contribution in [0.15, 0.2) is 18.2 Å². The summed E-state index contributed by atoms with van der Waals surface area (Å²) in [6.45, 7) is 2.81. The molecule has 0 fully saturated rings. The summed E-state index contributed by atoms with van der Waals surface area (Å²) in [6, 6.07) is 5.24. The fraction of sp³-hybridized carbons (Fsp3) is 0.300. The number of rotatable bonds is 3. The second kappa shape index (κ2) is 4.98. The Balaban J connectivity index is 2.79. The first-order valence-corrected chi connectivity index (χ1v) is 4.76. The lowest BCUT2D eigenvalue weighted by Crippen LogP contribution is -2.28. The van der Waals surface area contributed by atoms with Crippen LogP contribution in [0.2, 0.25) is 5.02 Å². The predicted octanol–water partition coefficient (Wildman–Crippen LogP) is 1.34. The number of hydrogen-bond acceptors (Lipinski definition) is 2. The van der Waals surface area contributed by atoms with Gasteiger partial charge >= 0.3 is 0 Å². The fourth-order valence-corrected chi connectivity index (χ4v) is 1.44. The van der Waals surface area contributed by atoms with Crippen molar-refractivity contribution in [2.75, 3.05) is 13.1 Å². The molecule has 4 heteroatoms. The number of hydrogen-bond donors (Lipinski definition) is 2. The van der Waals surface area contributed by atoms with E-state index in [9.17, 15) is 4.79 Å². The van der Waals surface area contributed by atoms with Crippen molar-refractivity contribution in [3.05, 3.63) is 34.3 Å². The first-order chi connectivity index (χ1) is 6.63. The summed E-state index contributed by atoms with van der Waals surface area (Å²) >= 11 is 5.82. The molecule has 0 atom stereocenters.